The van der Waals surface area contributed by atoms with Gasteiger partial charge in [0.15, 0.2) is 10.3 Å². The molecule has 3 heterocycles. The molecule has 0 aromatic carbocycles. The lowest BCUT2D eigenvalue weighted by Crippen LogP contribution is -2.38. The van der Waals surface area contributed by atoms with E-state index in [-0.39, 0.29) is 16.3 Å². The van der Waals surface area contributed by atoms with Gasteiger partial charge in [-0.1, -0.05) is 37.2 Å². The van der Waals surface area contributed by atoms with Crippen molar-refractivity contribution in [2.24, 2.45) is 5.92 Å². The average molecular weight is 425 g/mol. The monoisotopic (exact) mass is 424 g/mol. The summed E-state index contributed by atoms with van der Waals surface area (Å²) in [6.07, 6.45) is 1.58. The normalized spacial score (nSPS) is 15.7. The van der Waals surface area contributed by atoms with Crippen molar-refractivity contribution in [3.05, 3.63) is 23.5 Å². The zero-order valence-electron chi connectivity index (χ0n) is 16.3. The van der Waals surface area contributed by atoms with E-state index in [0.717, 1.165) is 30.7 Å². The molecule has 1 aliphatic rings. The van der Waals surface area contributed by atoms with Crippen molar-refractivity contribution >= 4 is 40.9 Å². The van der Waals surface area contributed by atoms with E-state index >= 15 is 0 Å². The standard InChI is InChI=1S/C18H25ClN6O2S/c1-12(2)11-25-17(24-7-9-27-10-8-24)22-23-18(25)28-13(3)16(26)21-14-5-4-6-20-15(14)19/h4-6,12-13H,7-11H2,1-3H3,(H,21,26). The first-order chi connectivity index (χ1) is 13.5. The van der Waals surface area contributed by atoms with E-state index in [1.54, 1.807) is 18.3 Å². The number of halogens is 1. The molecule has 1 fully saturated rings. The number of pyridine rings is 1. The number of nitrogens with zero attached hydrogens (tertiary/aromatic N) is 5. The Morgan fingerprint density at radius 3 is 2.75 bits per heavy atom. The van der Waals surface area contributed by atoms with Crippen molar-refractivity contribution in [1.29, 1.82) is 0 Å². The van der Waals surface area contributed by atoms with E-state index in [2.05, 4.69) is 43.8 Å². The lowest BCUT2D eigenvalue weighted by molar-refractivity contribution is -0.115. The summed E-state index contributed by atoms with van der Waals surface area (Å²) in [6, 6.07) is 3.45. The van der Waals surface area contributed by atoms with Gasteiger partial charge in [-0.15, -0.1) is 10.2 Å². The van der Waals surface area contributed by atoms with E-state index in [1.807, 2.05) is 6.92 Å². The number of carbonyl (C=O) groups is 1. The van der Waals surface area contributed by atoms with Gasteiger partial charge in [0.05, 0.1) is 24.2 Å². The van der Waals surface area contributed by atoms with Crippen molar-refractivity contribution in [1.82, 2.24) is 19.7 Å². The highest BCUT2D eigenvalue weighted by Crippen LogP contribution is 2.28. The molecule has 2 aromatic heterocycles. The second-order valence-corrected chi connectivity index (χ2v) is 8.64. The molecule has 1 aliphatic heterocycles. The van der Waals surface area contributed by atoms with Crippen molar-refractivity contribution in [2.45, 2.75) is 37.7 Å². The number of carbonyl (C=O) groups excluding carboxylic acids is 1. The van der Waals surface area contributed by atoms with Crippen LogP contribution in [-0.2, 0) is 16.1 Å². The summed E-state index contributed by atoms with van der Waals surface area (Å²) in [6.45, 7) is 9.87. The van der Waals surface area contributed by atoms with Gasteiger partial charge in [0.25, 0.3) is 0 Å². The Morgan fingerprint density at radius 2 is 2.07 bits per heavy atom. The third-order valence-electron chi connectivity index (χ3n) is 4.21. The largest absolute Gasteiger partial charge is 0.378 e. The molecule has 1 amide bonds. The molecule has 3 rings (SSSR count). The number of amides is 1. The Bertz CT molecular complexity index is 809. The smallest absolute Gasteiger partial charge is 0.237 e. The Balaban J connectivity index is 1.74. The summed E-state index contributed by atoms with van der Waals surface area (Å²) in [4.78, 5) is 18.8. The SMILES string of the molecule is CC(C)Cn1c(SC(C)C(=O)Nc2cccnc2Cl)nnc1N1CCOCC1. The molecule has 10 heteroatoms. The molecule has 152 valence electrons. The third-order valence-corrected chi connectivity index (χ3v) is 5.59. The Kier molecular flexibility index (Phi) is 7.14. The summed E-state index contributed by atoms with van der Waals surface area (Å²) < 4.78 is 7.54. The number of hydrogen-bond donors (Lipinski definition) is 1. The number of hydrogen-bond acceptors (Lipinski definition) is 7. The van der Waals surface area contributed by atoms with Gasteiger partial charge in [0.1, 0.15) is 0 Å². The maximum absolute atomic E-state index is 12.6. The van der Waals surface area contributed by atoms with E-state index < -0.39 is 0 Å². The molecule has 0 spiro atoms. The van der Waals surface area contributed by atoms with Crippen LogP contribution in [0.15, 0.2) is 23.5 Å². The van der Waals surface area contributed by atoms with Crippen molar-refractivity contribution in [2.75, 3.05) is 36.5 Å². The van der Waals surface area contributed by atoms with Gasteiger partial charge in [0.2, 0.25) is 11.9 Å². The number of nitrogens with one attached hydrogen (secondary N) is 1. The maximum Gasteiger partial charge on any atom is 0.237 e. The highest BCUT2D eigenvalue weighted by molar-refractivity contribution is 8.00. The molecule has 0 radical (unpaired) electrons. The fraction of sp³-hybridized carbons (Fsp3) is 0.556. The lowest BCUT2D eigenvalue weighted by Gasteiger charge is -2.28. The summed E-state index contributed by atoms with van der Waals surface area (Å²) in [5.74, 6) is 1.10. The predicted molar refractivity (Wildman–Crippen MR) is 111 cm³/mol. The summed E-state index contributed by atoms with van der Waals surface area (Å²) >= 11 is 7.42. The molecule has 28 heavy (non-hydrogen) atoms. The summed E-state index contributed by atoms with van der Waals surface area (Å²) in [5, 5.41) is 12.2. The fourth-order valence-electron chi connectivity index (χ4n) is 2.82. The summed E-state index contributed by atoms with van der Waals surface area (Å²) in [5.41, 5.74) is 0.499. The highest BCUT2D eigenvalue weighted by atomic mass is 35.5. The van der Waals surface area contributed by atoms with Gasteiger partial charge < -0.3 is 15.0 Å². The first kappa shape index (κ1) is 20.9. The molecule has 0 saturated carbocycles. The van der Waals surface area contributed by atoms with Crippen LogP contribution in [0.1, 0.15) is 20.8 Å². The van der Waals surface area contributed by atoms with Crippen LogP contribution in [0.5, 0.6) is 0 Å². The van der Waals surface area contributed by atoms with Crippen molar-refractivity contribution in [3.8, 4) is 0 Å². The van der Waals surface area contributed by atoms with Crippen LogP contribution in [0, 0.1) is 5.92 Å². The van der Waals surface area contributed by atoms with Gasteiger partial charge >= 0.3 is 0 Å². The van der Waals surface area contributed by atoms with Crippen molar-refractivity contribution < 1.29 is 9.53 Å². The number of rotatable bonds is 7. The first-order valence-electron chi connectivity index (χ1n) is 9.29. The number of morpholine rings is 1. The van der Waals surface area contributed by atoms with Crippen LogP contribution in [0.4, 0.5) is 11.6 Å². The number of ether oxygens (including phenoxy) is 1. The third kappa shape index (κ3) is 5.15. The zero-order chi connectivity index (χ0) is 20.1. The molecular weight excluding hydrogens is 400 g/mol. The van der Waals surface area contributed by atoms with Gasteiger partial charge in [-0.05, 0) is 25.0 Å². The minimum absolute atomic E-state index is 0.160. The molecular formula is C18H25ClN6O2S. The molecule has 8 nitrogen and oxygen atoms in total. The molecule has 1 unspecified atom stereocenters. The first-order valence-corrected chi connectivity index (χ1v) is 10.6. The van der Waals surface area contributed by atoms with Crippen LogP contribution in [0.2, 0.25) is 5.15 Å². The molecule has 2 aromatic rings. The molecule has 0 aliphatic carbocycles. The predicted octanol–water partition coefficient (Wildman–Crippen LogP) is 2.94. The van der Waals surface area contributed by atoms with Gasteiger partial charge in [-0.3, -0.25) is 9.36 Å². The van der Waals surface area contributed by atoms with E-state index in [4.69, 9.17) is 16.3 Å². The zero-order valence-corrected chi connectivity index (χ0v) is 17.8. The Labute approximate surface area is 174 Å². The van der Waals surface area contributed by atoms with Gasteiger partial charge in [-0.2, -0.15) is 0 Å². The number of anilines is 2. The second kappa shape index (κ2) is 9.58. The van der Waals surface area contributed by atoms with E-state index in [1.165, 1.54) is 11.8 Å². The van der Waals surface area contributed by atoms with Crippen LogP contribution in [-0.4, -0.2) is 57.2 Å². The lowest BCUT2D eigenvalue weighted by atomic mass is 10.2. The second-order valence-electron chi connectivity index (χ2n) is 6.98. The number of aromatic nitrogens is 4. The van der Waals surface area contributed by atoms with Crippen LogP contribution in [0.25, 0.3) is 0 Å². The van der Waals surface area contributed by atoms with Crippen LogP contribution < -0.4 is 10.2 Å². The molecule has 0 bridgehead atoms. The molecule has 1 N–H and O–H groups in total. The number of thioether (sulfide) groups is 1. The fourth-order valence-corrected chi connectivity index (χ4v) is 3.84. The minimum Gasteiger partial charge on any atom is -0.378 e. The minimum atomic E-state index is -0.371. The van der Waals surface area contributed by atoms with E-state index in [0.29, 0.717) is 24.8 Å². The molecule has 1 atom stereocenters. The van der Waals surface area contributed by atoms with Crippen LogP contribution in [0.3, 0.4) is 0 Å². The molecule has 1 saturated heterocycles. The Hall–Kier alpha value is -1.84. The van der Waals surface area contributed by atoms with Gasteiger partial charge in [-0.25, -0.2) is 4.98 Å². The average Bonchev–Trinajstić information content (AvgIpc) is 3.06. The topological polar surface area (TPSA) is 85.2 Å². The Morgan fingerprint density at radius 1 is 1.32 bits per heavy atom. The van der Waals surface area contributed by atoms with Crippen LogP contribution >= 0.6 is 23.4 Å². The highest BCUT2D eigenvalue weighted by Gasteiger charge is 2.24. The maximum atomic E-state index is 12.6. The van der Waals surface area contributed by atoms with Gasteiger partial charge in [0, 0.05) is 25.8 Å². The quantitative estimate of drug-likeness (QED) is 0.540. The summed E-state index contributed by atoms with van der Waals surface area (Å²) in [7, 11) is 0. The van der Waals surface area contributed by atoms with E-state index in [9.17, 15) is 4.79 Å². The van der Waals surface area contributed by atoms with Crippen molar-refractivity contribution in [3.63, 3.8) is 0 Å².